The van der Waals surface area contributed by atoms with E-state index in [-0.39, 0.29) is 17.7 Å². The van der Waals surface area contributed by atoms with Crippen molar-refractivity contribution in [2.24, 2.45) is 11.1 Å². The van der Waals surface area contributed by atoms with E-state index in [1.54, 1.807) is 6.07 Å². The van der Waals surface area contributed by atoms with E-state index in [9.17, 15) is 9.70 Å². The van der Waals surface area contributed by atoms with Gasteiger partial charge in [-0.2, -0.15) is 4.91 Å². The molecule has 1 aliphatic rings. The molecule has 1 aromatic heterocycles. The van der Waals surface area contributed by atoms with E-state index in [2.05, 4.69) is 15.7 Å². The van der Waals surface area contributed by atoms with Gasteiger partial charge in [0.2, 0.25) is 5.76 Å². The molecule has 1 saturated carbocycles. The molecule has 0 saturated heterocycles. The molecule has 3 rings (SSSR count). The molecule has 0 atom stereocenters. The van der Waals surface area contributed by atoms with Crippen LogP contribution in [-0.4, -0.2) is 23.7 Å². The molecule has 1 N–H and O–H groups in total. The first-order valence-electron chi connectivity index (χ1n) is 6.88. The highest BCUT2D eigenvalue weighted by Crippen LogP contribution is 2.28. The van der Waals surface area contributed by atoms with Crippen LogP contribution in [-0.2, 0) is 0 Å². The Balaban J connectivity index is 1.59. The monoisotopic (exact) mass is 285 g/mol. The number of hydrogen-bond donors (Lipinski definition) is 1. The van der Waals surface area contributed by atoms with Crippen LogP contribution in [0.25, 0.3) is 11.3 Å². The lowest BCUT2D eigenvalue weighted by Gasteiger charge is -2.33. The van der Waals surface area contributed by atoms with Crippen molar-refractivity contribution in [3.63, 3.8) is 0 Å². The molecule has 6 nitrogen and oxygen atoms in total. The molecule has 1 fully saturated rings. The summed E-state index contributed by atoms with van der Waals surface area (Å²) in [6.07, 6.45) is 1.58. The van der Waals surface area contributed by atoms with Gasteiger partial charge in [0.25, 0.3) is 5.91 Å². The van der Waals surface area contributed by atoms with E-state index in [0.717, 1.165) is 18.4 Å². The highest BCUT2D eigenvalue weighted by molar-refractivity contribution is 5.92. The fourth-order valence-corrected chi connectivity index (χ4v) is 2.49. The molecule has 0 radical (unpaired) electrons. The summed E-state index contributed by atoms with van der Waals surface area (Å²) in [4.78, 5) is 22.2. The van der Waals surface area contributed by atoms with E-state index in [1.807, 2.05) is 30.3 Å². The van der Waals surface area contributed by atoms with Crippen LogP contribution < -0.4 is 5.32 Å². The van der Waals surface area contributed by atoms with Crippen LogP contribution in [0, 0.1) is 10.8 Å². The molecule has 1 heterocycles. The molecule has 0 unspecified atom stereocenters. The third-order valence-electron chi connectivity index (χ3n) is 3.71. The minimum absolute atomic E-state index is 0.0922. The lowest BCUT2D eigenvalue weighted by Crippen LogP contribution is -2.45. The Bertz CT molecular complexity index is 633. The van der Waals surface area contributed by atoms with Crippen molar-refractivity contribution < 1.29 is 9.32 Å². The van der Waals surface area contributed by atoms with Crippen LogP contribution in [0.4, 0.5) is 0 Å². The second-order valence-electron chi connectivity index (χ2n) is 5.26. The van der Waals surface area contributed by atoms with Gasteiger partial charge in [0.05, 0.1) is 6.54 Å². The highest BCUT2D eigenvalue weighted by atomic mass is 16.5. The summed E-state index contributed by atoms with van der Waals surface area (Å²) in [5, 5.41) is 9.66. The van der Waals surface area contributed by atoms with Crippen molar-refractivity contribution in [2.45, 2.75) is 18.9 Å². The summed E-state index contributed by atoms with van der Waals surface area (Å²) in [6.45, 7) is 0.326. The predicted octanol–water partition coefficient (Wildman–Crippen LogP) is 2.62. The molecule has 108 valence electrons. The smallest absolute Gasteiger partial charge is 0.290 e. The maximum absolute atomic E-state index is 12.0. The lowest BCUT2D eigenvalue weighted by molar-refractivity contribution is 0.0855. The molecule has 0 bridgehead atoms. The van der Waals surface area contributed by atoms with Crippen LogP contribution in [0.15, 0.2) is 46.1 Å². The van der Waals surface area contributed by atoms with Gasteiger partial charge in [-0.05, 0) is 18.8 Å². The topological polar surface area (TPSA) is 84.6 Å². The number of carbonyl (C=O) groups excluding carboxylic acids is 1. The lowest BCUT2D eigenvalue weighted by atomic mass is 9.80. The number of rotatable bonds is 5. The molecule has 21 heavy (non-hydrogen) atoms. The van der Waals surface area contributed by atoms with Gasteiger partial charge in [0.15, 0.2) is 0 Å². The van der Waals surface area contributed by atoms with Gasteiger partial charge in [0.1, 0.15) is 5.69 Å². The first-order chi connectivity index (χ1) is 10.3. The number of nitrogens with zero attached hydrogens (tertiary/aromatic N) is 2. The number of aromatic nitrogens is 1. The normalized spacial score (nSPS) is 20.6. The molecular formula is C15H15N3O3. The number of carbonyl (C=O) groups is 1. The van der Waals surface area contributed by atoms with E-state index < -0.39 is 0 Å². The molecule has 1 aromatic carbocycles. The summed E-state index contributed by atoms with van der Waals surface area (Å²) in [6, 6.07) is 11.3. The third kappa shape index (κ3) is 2.99. The van der Waals surface area contributed by atoms with Crippen molar-refractivity contribution >= 4 is 5.91 Å². The fourth-order valence-electron chi connectivity index (χ4n) is 2.49. The molecule has 2 aromatic rings. The van der Waals surface area contributed by atoms with Crippen LogP contribution in [0.5, 0.6) is 0 Å². The summed E-state index contributed by atoms with van der Waals surface area (Å²) < 4.78 is 5.09. The summed E-state index contributed by atoms with van der Waals surface area (Å²) in [7, 11) is 0. The Morgan fingerprint density at radius 1 is 1.33 bits per heavy atom. The maximum Gasteiger partial charge on any atom is 0.290 e. The second-order valence-corrected chi connectivity index (χ2v) is 5.26. The van der Waals surface area contributed by atoms with Crippen molar-refractivity contribution in [2.75, 3.05) is 6.54 Å². The zero-order chi connectivity index (χ0) is 14.7. The van der Waals surface area contributed by atoms with Gasteiger partial charge in [-0.1, -0.05) is 40.7 Å². The predicted molar refractivity (Wildman–Crippen MR) is 76.6 cm³/mol. The minimum Gasteiger partial charge on any atom is -0.350 e. The van der Waals surface area contributed by atoms with E-state index in [0.29, 0.717) is 18.2 Å². The second kappa shape index (κ2) is 5.87. The molecule has 1 amide bonds. The van der Waals surface area contributed by atoms with Crippen molar-refractivity contribution in [3.05, 3.63) is 47.1 Å². The highest BCUT2D eigenvalue weighted by Gasteiger charge is 2.31. The standard InChI is InChI=1S/C15H15N3O3/c19-15(17-12-6-10(7-12)9-16-20)14-8-13(18-21-14)11-4-2-1-3-5-11/h1-5,8,10,12H,6-7,9H2,(H,17,19). The summed E-state index contributed by atoms with van der Waals surface area (Å²) in [5.41, 5.74) is 1.54. The maximum atomic E-state index is 12.0. The van der Waals surface area contributed by atoms with Gasteiger partial charge in [0, 0.05) is 17.7 Å². The van der Waals surface area contributed by atoms with Gasteiger partial charge < -0.3 is 9.84 Å². The first kappa shape index (κ1) is 13.5. The number of hydrogen-bond acceptors (Lipinski definition) is 5. The van der Waals surface area contributed by atoms with Crippen LogP contribution >= 0.6 is 0 Å². The van der Waals surface area contributed by atoms with Gasteiger partial charge in [-0.15, -0.1) is 0 Å². The average molecular weight is 285 g/mol. The number of nitrogens with one attached hydrogen (secondary N) is 1. The molecule has 0 aliphatic heterocycles. The first-order valence-corrected chi connectivity index (χ1v) is 6.88. The zero-order valence-corrected chi connectivity index (χ0v) is 11.4. The Hall–Kier alpha value is -2.50. The number of nitroso groups, excluding NO2 is 1. The van der Waals surface area contributed by atoms with E-state index in [1.165, 1.54) is 0 Å². The van der Waals surface area contributed by atoms with Crippen molar-refractivity contribution in [1.29, 1.82) is 0 Å². The molecular weight excluding hydrogens is 270 g/mol. The Kier molecular flexibility index (Phi) is 3.77. The zero-order valence-electron chi connectivity index (χ0n) is 11.4. The van der Waals surface area contributed by atoms with Crippen LogP contribution in [0.1, 0.15) is 23.4 Å². The minimum atomic E-state index is -0.271. The van der Waals surface area contributed by atoms with Crippen molar-refractivity contribution in [1.82, 2.24) is 10.5 Å². The van der Waals surface area contributed by atoms with E-state index in [4.69, 9.17) is 4.52 Å². The fraction of sp³-hybridized carbons (Fsp3) is 0.333. The Morgan fingerprint density at radius 2 is 2.10 bits per heavy atom. The molecule has 0 spiro atoms. The number of amides is 1. The Labute approximate surface area is 121 Å². The summed E-state index contributed by atoms with van der Waals surface area (Å²) >= 11 is 0. The van der Waals surface area contributed by atoms with Gasteiger partial charge in [-0.25, -0.2) is 0 Å². The van der Waals surface area contributed by atoms with Crippen LogP contribution in [0.2, 0.25) is 0 Å². The largest absolute Gasteiger partial charge is 0.350 e. The molecule has 6 heteroatoms. The SMILES string of the molecule is O=NCC1CC(NC(=O)c2cc(-c3ccccc3)no2)C1. The third-order valence-corrected chi connectivity index (χ3v) is 3.71. The quantitative estimate of drug-likeness (QED) is 0.856. The average Bonchev–Trinajstić information content (AvgIpc) is 2.96. The van der Waals surface area contributed by atoms with Gasteiger partial charge >= 0.3 is 0 Å². The number of benzene rings is 1. The van der Waals surface area contributed by atoms with E-state index >= 15 is 0 Å². The van der Waals surface area contributed by atoms with Crippen LogP contribution in [0.3, 0.4) is 0 Å². The molecule has 1 aliphatic carbocycles. The Morgan fingerprint density at radius 3 is 2.81 bits per heavy atom. The van der Waals surface area contributed by atoms with Crippen molar-refractivity contribution in [3.8, 4) is 11.3 Å². The van der Waals surface area contributed by atoms with Gasteiger partial charge in [-0.3, -0.25) is 4.79 Å². The summed E-state index contributed by atoms with van der Waals surface area (Å²) in [5.74, 6) is 0.223.